The summed E-state index contributed by atoms with van der Waals surface area (Å²) in [6.45, 7) is 5.94. The molecule has 0 aromatic carbocycles. The molecular formula is C10H15N3OS. The Kier molecular flexibility index (Phi) is 3.99. The second-order valence-corrected chi connectivity index (χ2v) is 4.22. The third-order valence-corrected chi connectivity index (χ3v) is 2.93. The topological polar surface area (TPSA) is 59.2 Å². The molecule has 1 atom stereocenters. The van der Waals surface area contributed by atoms with Gasteiger partial charge in [-0.05, 0) is 6.92 Å². The first-order valence-electron chi connectivity index (χ1n) is 4.63. The Morgan fingerprint density at radius 2 is 2.53 bits per heavy atom. The molecule has 0 spiro atoms. The highest BCUT2D eigenvalue weighted by molar-refractivity contribution is 7.09. The summed E-state index contributed by atoms with van der Waals surface area (Å²) < 4.78 is 0. The van der Waals surface area contributed by atoms with Crippen molar-refractivity contribution in [2.24, 2.45) is 5.73 Å². The van der Waals surface area contributed by atoms with E-state index >= 15 is 0 Å². The minimum atomic E-state index is -0.124. The Hall–Kier alpha value is -1.20. The number of carbonyl (C=O) groups excluding carboxylic acids is 1. The fourth-order valence-electron chi connectivity index (χ4n) is 1.07. The Bertz CT molecular complexity index is 359. The van der Waals surface area contributed by atoms with E-state index in [-0.39, 0.29) is 11.9 Å². The van der Waals surface area contributed by atoms with E-state index in [9.17, 15) is 4.79 Å². The molecule has 0 radical (unpaired) electrons. The summed E-state index contributed by atoms with van der Waals surface area (Å²) in [5.41, 5.74) is 6.12. The maximum Gasteiger partial charge on any atom is 0.273 e. The van der Waals surface area contributed by atoms with Crippen LogP contribution in [0.5, 0.6) is 0 Å². The van der Waals surface area contributed by atoms with Gasteiger partial charge in [0, 0.05) is 19.0 Å². The smallest absolute Gasteiger partial charge is 0.273 e. The van der Waals surface area contributed by atoms with E-state index < -0.39 is 0 Å². The molecule has 1 rings (SSSR count). The molecule has 0 saturated carbocycles. The lowest BCUT2D eigenvalue weighted by Gasteiger charge is -2.12. The number of aromatic nitrogens is 1. The van der Waals surface area contributed by atoms with Gasteiger partial charge in [0.2, 0.25) is 0 Å². The van der Waals surface area contributed by atoms with Gasteiger partial charge in [0.05, 0.1) is 6.04 Å². The van der Waals surface area contributed by atoms with E-state index in [0.717, 1.165) is 5.01 Å². The van der Waals surface area contributed by atoms with Gasteiger partial charge in [-0.2, -0.15) is 0 Å². The molecule has 2 N–H and O–H groups in total. The molecule has 1 aromatic rings. The molecule has 1 heterocycles. The van der Waals surface area contributed by atoms with Gasteiger partial charge in [-0.1, -0.05) is 6.08 Å². The van der Waals surface area contributed by atoms with Crippen LogP contribution in [0.15, 0.2) is 18.0 Å². The summed E-state index contributed by atoms with van der Waals surface area (Å²) in [5, 5.41) is 2.52. The van der Waals surface area contributed by atoms with Crippen molar-refractivity contribution >= 4 is 17.2 Å². The molecule has 1 aromatic heterocycles. The fraction of sp³-hybridized carbons (Fsp3) is 0.400. The van der Waals surface area contributed by atoms with Gasteiger partial charge >= 0.3 is 0 Å². The predicted octanol–water partition coefficient (Wildman–Crippen LogP) is 1.42. The second kappa shape index (κ2) is 5.04. The largest absolute Gasteiger partial charge is 0.337 e. The van der Waals surface area contributed by atoms with Crippen molar-refractivity contribution in [1.82, 2.24) is 9.88 Å². The lowest BCUT2D eigenvalue weighted by atomic mass is 10.3. The molecule has 4 nitrogen and oxygen atoms in total. The van der Waals surface area contributed by atoms with Gasteiger partial charge in [-0.25, -0.2) is 4.98 Å². The monoisotopic (exact) mass is 225 g/mol. The molecule has 0 bridgehead atoms. The maximum atomic E-state index is 11.8. The molecule has 5 heteroatoms. The van der Waals surface area contributed by atoms with E-state index in [1.165, 1.54) is 11.3 Å². The van der Waals surface area contributed by atoms with Crippen LogP contribution in [-0.2, 0) is 0 Å². The second-order valence-electron chi connectivity index (χ2n) is 3.33. The Morgan fingerprint density at radius 1 is 1.87 bits per heavy atom. The molecule has 0 saturated heterocycles. The summed E-state index contributed by atoms with van der Waals surface area (Å²) in [7, 11) is 1.72. The van der Waals surface area contributed by atoms with Crippen LogP contribution in [-0.4, -0.2) is 29.4 Å². The van der Waals surface area contributed by atoms with E-state index in [1.807, 2.05) is 6.92 Å². The number of likely N-dealkylation sites (N-methyl/N-ethyl adjacent to an activating group) is 1. The van der Waals surface area contributed by atoms with Crippen LogP contribution >= 0.6 is 11.3 Å². The lowest BCUT2D eigenvalue weighted by Crippen LogP contribution is -2.27. The quantitative estimate of drug-likeness (QED) is 0.788. The zero-order chi connectivity index (χ0) is 11.4. The van der Waals surface area contributed by atoms with Crippen molar-refractivity contribution in [3.63, 3.8) is 0 Å². The third-order valence-electron chi connectivity index (χ3n) is 1.88. The number of nitrogens with zero attached hydrogens (tertiary/aromatic N) is 2. The van der Waals surface area contributed by atoms with Gasteiger partial charge in [0.15, 0.2) is 0 Å². The molecule has 82 valence electrons. The van der Waals surface area contributed by atoms with Crippen LogP contribution in [0.2, 0.25) is 0 Å². The van der Waals surface area contributed by atoms with Gasteiger partial charge in [-0.15, -0.1) is 17.9 Å². The summed E-state index contributed by atoms with van der Waals surface area (Å²) in [5.74, 6) is -0.0990. The highest BCUT2D eigenvalue weighted by Crippen LogP contribution is 2.16. The zero-order valence-electron chi connectivity index (χ0n) is 8.93. The molecule has 0 aliphatic carbocycles. The molecule has 0 aliphatic rings. The number of thiazole rings is 1. The van der Waals surface area contributed by atoms with Gasteiger partial charge in [-0.3, -0.25) is 4.79 Å². The van der Waals surface area contributed by atoms with Crippen molar-refractivity contribution in [3.8, 4) is 0 Å². The molecule has 1 amide bonds. The number of hydrogen-bond acceptors (Lipinski definition) is 4. The SMILES string of the molecule is C=CCN(C)C(=O)c1csc(C(C)N)n1. The first kappa shape index (κ1) is 11.9. The highest BCUT2D eigenvalue weighted by Gasteiger charge is 2.15. The molecule has 0 fully saturated rings. The van der Waals surface area contributed by atoms with Crippen LogP contribution in [0, 0.1) is 0 Å². The van der Waals surface area contributed by atoms with Crippen LogP contribution < -0.4 is 5.73 Å². The minimum Gasteiger partial charge on any atom is -0.337 e. The zero-order valence-corrected chi connectivity index (χ0v) is 9.75. The van der Waals surface area contributed by atoms with Crippen molar-refractivity contribution in [1.29, 1.82) is 0 Å². The van der Waals surface area contributed by atoms with Gasteiger partial charge in [0.1, 0.15) is 10.7 Å². The van der Waals surface area contributed by atoms with Gasteiger partial charge < -0.3 is 10.6 Å². The molecule has 1 unspecified atom stereocenters. The van der Waals surface area contributed by atoms with Crippen LogP contribution in [0.4, 0.5) is 0 Å². The van der Waals surface area contributed by atoms with Crippen molar-refractivity contribution < 1.29 is 4.79 Å². The predicted molar refractivity (Wildman–Crippen MR) is 61.9 cm³/mol. The average molecular weight is 225 g/mol. The first-order chi connectivity index (χ1) is 7.06. The number of hydrogen-bond donors (Lipinski definition) is 1. The highest BCUT2D eigenvalue weighted by atomic mass is 32.1. The van der Waals surface area contributed by atoms with E-state index in [0.29, 0.717) is 12.2 Å². The van der Waals surface area contributed by atoms with E-state index in [4.69, 9.17) is 5.73 Å². The van der Waals surface area contributed by atoms with E-state index in [1.54, 1.807) is 23.4 Å². The molecule has 15 heavy (non-hydrogen) atoms. The summed E-state index contributed by atoms with van der Waals surface area (Å²) in [6, 6.07) is -0.124. The maximum absolute atomic E-state index is 11.8. The third kappa shape index (κ3) is 2.87. The summed E-state index contributed by atoms with van der Waals surface area (Å²) >= 11 is 1.41. The normalized spacial score (nSPS) is 12.2. The number of amides is 1. The van der Waals surface area contributed by atoms with Crippen LogP contribution in [0.3, 0.4) is 0 Å². The Morgan fingerprint density at radius 3 is 3.00 bits per heavy atom. The number of carbonyl (C=O) groups is 1. The van der Waals surface area contributed by atoms with Crippen LogP contribution in [0.1, 0.15) is 28.5 Å². The minimum absolute atomic E-state index is 0.0990. The average Bonchev–Trinajstić information content (AvgIpc) is 2.65. The van der Waals surface area contributed by atoms with E-state index in [2.05, 4.69) is 11.6 Å². The number of nitrogens with two attached hydrogens (primary N) is 1. The van der Waals surface area contributed by atoms with Crippen LogP contribution in [0.25, 0.3) is 0 Å². The standard InChI is InChI=1S/C10H15N3OS/c1-4-5-13(3)10(14)8-6-15-9(12-8)7(2)11/h4,6-7H,1,5,11H2,2-3H3. The van der Waals surface area contributed by atoms with Crippen molar-refractivity contribution in [2.75, 3.05) is 13.6 Å². The van der Waals surface area contributed by atoms with Crippen molar-refractivity contribution in [2.45, 2.75) is 13.0 Å². The molecular weight excluding hydrogens is 210 g/mol. The summed E-state index contributed by atoms with van der Waals surface area (Å²) in [4.78, 5) is 17.5. The van der Waals surface area contributed by atoms with Gasteiger partial charge in [0.25, 0.3) is 5.91 Å². The molecule has 0 aliphatic heterocycles. The Labute approximate surface area is 93.4 Å². The Balaban J connectivity index is 2.78. The lowest BCUT2D eigenvalue weighted by molar-refractivity contribution is 0.0805. The van der Waals surface area contributed by atoms with Crippen molar-refractivity contribution in [3.05, 3.63) is 28.7 Å². The number of rotatable bonds is 4. The first-order valence-corrected chi connectivity index (χ1v) is 5.51. The summed E-state index contributed by atoms with van der Waals surface area (Å²) in [6.07, 6.45) is 1.68. The fourth-order valence-corrected chi connectivity index (χ4v) is 1.82.